The van der Waals surface area contributed by atoms with E-state index in [0.717, 1.165) is 38.6 Å². The molecule has 0 aromatic heterocycles. The summed E-state index contributed by atoms with van der Waals surface area (Å²) in [6, 6.07) is 37.3. The molecule has 6 rings (SSSR count). The first-order valence-electron chi connectivity index (χ1n) is 10.2. The summed E-state index contributed by atoms with van der Waals surface area (Å²) in [7, 11) is 0. The van der Waals surface area contributed by atoms with Crippen LogP contribution in [0.3, 0.4) is 0 Å². The molecule has 0 aliphatic heterocycles. The molecule has 0 fully saturated rings. The highest BCUT2D eigenvalue weighted by Gasteiger charge is 2.28. The van der Waals surface area contributed by atoms with Gasteiger partial charge in [0.15, 0.2) is 5.78 Å². The smallest absolute Gasteiger partial charge is 0.194 e. The van der Waals surface area contributed by atoms with Gasteiger partial charge < -0.3 is 0 Å². The summed E-state index contributed by atoms with van der Waals surface area (Å²) in [6.07, 6.45) is 0. The van der Waals surface area contributed by atoms with Crippen molar-refractivity contribution in [3.63, 3.8) is 0 Å². The van der Waals surface area contributed by atoms with E-state index in [2.05, 4.69) is 66.7 Å². The third kappa shape index (κ3) is 2.39. The summed E-state index contributed by atoms with van der Waals surface area (Å²) < 4.78 is 0. The van der Waals surface area contributed by atoms with E-state index in [1.165, 1.54) is 16.7 Å². The molecule has 0 saturated carbocycles. The van der Waals surface area contributed by atoms with Crippen LogP contribution in [0.2, 0.25) is 0 Å². The van der Waals surface area contributed by atoms with Crippen molar-refractivity contribution in [1.29, 1.82) is 0 Å². The van der Waals surface area contributed by atoms with Crippen LogP contribution in [0.4, 0.5) is 0 Å². The summed E-state index contributed by atoms with van der Waals surface area (Å²) in [4.78, 5) is 13.3. The van der Waals surface area contributed by atoms with Gasteiger partial charge in [0.2, 0.25) is 0 Å². The average molecular weight is 382 g/mol. The standard InChI is InChI=1S/C29H18O/c30-29-23-16-8-7-15-22(23)28-26(20-12-5-2-6-13-20)25(19-10-3-1-4-11-19)18-21-14-9-17-24(29)27(21)28/h1-18H. The summed E-state index contributed by atoms with van der Waals surface area (Å²) in [6.45, 7) is 0. The molecule has 30 heavy (non-hydrogen) atoms. The van der Waals surface area contributed by atoms with Crippen molar-refractivity contribution in [2.24, 2.45) is 0 Å². The fourth-order valence-corrected chi connectivity index (χ4v) is 4.71. The molecule has 0 spiro atoms. The molecule has 5 aromatic rings. The lowest BCUT2D eigenvalue weighted by Crippen LogP contribution is -2.11. The van der Waals surface area contributed by atoms with Gasteiger partial charge in [-0.2, -0.15) is 0 Å². The van der Waals surface area contributed by atoms with Crippen LogP contribution in [0.1, 0.15) is 15.9 Å². The summed E-state index contributed by atoms with van der Waals surface area (Å²) in [5.41, 5.74) is 8.44. The van der Waals surface area contributed by atoms with Gasteiger partial charge in [-0.3, -0.25) is 4.79 Å². The van der Waals surface area contributed by atoms with Gasteiger partial charge in [0, 0.05) is 16.5 Å². The van der Waals surface area contributed by atoms with Crippen LogP contribution in [-0.4, -0.2) is 5.78 Å². The van der Waals surface area contributed by atoms with Crippen molar-refractivity contribution in [3.05, 3.63) is 120 Å². The second-order valence-electron chi connectivity index (χ2n) is 7.68. The van der Waals surface area contributed by atoms with E-state index in [4.69, 9.17) is 0 Å². The Labute approximate surface area is 175 Å². The minimum absolute atomic E-state index is 0.107. The largest absolute Gasteiger partial charge is 0.289 e. The van der Waals surface area contributed by atoms with Crippen molar-refractivity contribution in [3.8, 4) is 33.4 Å². The van der Waals surface area contributed by atoms with Crippen LogP contribution in [0, 0.1) is 0 Å². The fourth-order valence-electron chi connectivity index (χ4n) is 4.71. The Hall–Kier alpha value is -3.97. The zero-order chi connectivity index (χ0) is 20.1. The molecule has 0 radical (unpaired) electrons. The molecule has 1 aliphatic carbocycles. The molecule has 0 N–H and O–H groups in total. The quantitative estimate of drug-likeness (QED) is 0.305. The van der Waals surface area contributed by atoms with Gasteiger partial charge in [-0.05, 0) is 44.8 Å². The van der Waals surface area contributed by atoms with Crippen LogP contribution in [-0.2, 0) is 0 Å². The number of carbonyl (C=O) groups is 1. The Bertz CT molecular complexity index is 1430. The van der Waals surface area contributed by atoms with E-state index in [-0.39, 0.29) is 5.78 Å². The van der Waals surface area contributed by atoms with Crippen LogP contribution in [0.5, 0.6) is 0 Å². The highest BCUT2D eigenvalue weighted by molar-refractivity contribution is 6.28. The lowest BCUT2D eigenvalue weighted by Gasteiger charge is -2.25. The van der Waals surface area contributed by atoms with Gasteiger partial charge in [-0.15, -0.1) is 0 Å². The topological polar surface area (TPSA) is 17.1 Å². The van der Waals surface area contributed by atoms with E-state index < -0.39 is 0 Å². The Morgan fingerprint density at radius 1 is 0.433 bits per heavy atom. The molecule has 0 atom stereocenters. The molecule has 1 aliphatic rings. The van der Waals surface area contributed by atoms with Crippen molar-refractivity contribution in [2.45, 2.75) is 0 Å². The van der Waals surface area contributed by atoms with Crippen molar-refractivity contribution >= 4 is 16.6 Å². The van der Waals surface area contributed by atoms with Crippen LogP contribution < -0.4 is 0 Å². The average Bonchev–Trinajstić information content (AvgIpc) is 2.82. The zero-order valence-corrected chi connectivity index (χ0v) is 16.3. The molecular weight excluding hydrogens is 364 g/mol. The monoisotopic (exact) mass is 382 g/mol. The van der Waals surface area contributed by atoms with Crippen molar-refractivity contribution in [2.75, 3.05) is 0 Å². The lowest BCUT2D eigenvalue weighted by molar-refractivity contribution is 0.104. The second-order valence-corrected chi connectivity index (χ2v) is 7.68. The summed E-state index contributed by atoms with van der Waals surface area (Å²) in [5.74, 6) is 0.107. The maximum Gasteiger partial charge on any atom is 0.194 e. The molecule has 0 unspecified atom stereocenters. The number of benzene rings is 5. The molecule has 140 valence electrons. The number of rotatable bonds is 2. The lowest BCUT2D eigenvalue weighted by atomic mass is 9.77. The molecular formula is C29H18O. The van der Waals surface area contributed by atoms with E-state index in [1.54, 1.807) is 0 Å². The number of fused-ring (bicyclic) bond motifs is 2. The van der Waals surface area contributed by atoms with Gasteiger partial charge in [0.1, 0.15) is 0 Å². The Kier molecular flexibility index (Phi) is 3.69. The van der Waals surface area contributed by atoms with Crippen LogP contribution in [0.25, 0.3) is 44.2 Å². The minimum Gasteiger partial charge on any atom is -0.289 e. The van der Waals surface area contributed by atoms with Gasteiger partial charge in [0.25, 0.3) is 0 Å². The Morgan fingerprint density at radius 3 is 1.77 bits per heavy atom. The first-order valence-corrected chi connectivity index (χ1v) is 10.2. The predicted octanol–water partition coefficient (Wildman–Crippen LogP) is 7.39. The van der Waals surface area contributed by atoms with Gasteiger partial charge in [-0.1, -0.05) is 103 Å². The minimum atomic E-state index is 0.107. The van der Waals surface area contributed by atoms with Gasteiger partial charge in [0.05, 0.1) is 0 Å². The van der Waals surface area contributed by atoms with Crippen molar-refractivity contribution < 1.29 is 4.79 Å². The summed E-state index contributed by atoms with van der Waals surface area (Å²) >= 11 is 0. The Balaban J connectivity index is 1.87. The van der Waals surface area contributed by atoms with Gasteiger partial charge in [-0.25, -0.2) is 0 Å². The van der Waals surface area contributed by atoms with E-state index >= 15 is 0 Å². The zero-order valence-electron chi connectivity index (χ0n) is 16.3. The number of hydrogen-bond donors (Lipinski definition) is 0. The molecule has 0 heterocycles. The Morgan fingerprint density at radius 2 is 1.03 bits per heavy atom. The molecule has 0 bridgehead atoms. The maximum atomic E-state index is 13.3. The van der Waals surface area contributed by atoms with E-state index in [9.17, 15) is 4.79 Å². The highest BCUT2D eigenvalue weighted by atomic mass is 16.1. The second kappa shape index (κ2) is 6.53. The summed E-state index contributed by atoms with van der Waals surface area (Å²) in [5, 5.41) is 2.16. The van der Waals surface area contributed by atoms with E-state index in [0.29, 0.717) is 0 Å². The normalized spacial score (nSPS) is 12.1. The third-order valence-electron chi connectivity index (χ3n) is 6.00. The van der Waals surface area contributed by atoms with Crippen LogP contribution in [0.15, 0.2) is 109 Å². The predicted molar refractivity (Wildman–Crippen MR) is 124 cm³/mol. The molecule has 1 nitrogen and oxygen atoms in total. The maximum absolute atomic E-state index is 13.3. The first kappa shape index (κ1) is 16.9. The van der Waals surface area contributed by atoms with Crippen molar-refractivity contribution in [1.82, 2.24) is 0 Å². The molecule has 0 saturated heterocycles. The number of ketones is 1. The van der Waals surface area contributed by atoms with Gasteiger partial charge >= 0.3 is 0 Å². The van der Waals surface area contributed by atoms with Crippen LogP contribution >= 0.6 is 0 Å². The fraction of sp³-hybridized carbons (Fsp3) is 0. The SMILES string of the molecule is O=C1c2ccccc2-c2c(-c3ccccc3)c(-c3ccccc3)cc3cccc1c23. The third-order valence-corrected chi connectivity index (χ3v) is 6.00. The number of carbonyl (C=O) groups excluding carboxylic acids is 1. The van der Waals surface area contributed by atoms with E-state index in [1.807, 2.05) is 42.5 Å². The molecule has 0 amide bonds. The highest BCUT2D eigenvalue weighted by Crippen LogP contribution is 2.49. The number of hydrogen-bond acceptors (Lipinski definition) is 1. The first-order chi connectivity index (χ1) is 14.8. The molecule has 1 heteroatoms. The molecule has 5 aromatic carbocycles.